The van der Waals surface area contributed by atoms with Crippen LogP contribution >= 0.6 is 0 Å². The zero-order valence-electron chi connectivity index (χ0n) is 9.55. The summed E-state index contributed by atoms with van der Waals surface area (Å²) in [4.78, 5) is 11.8. The quantitative estimate of drug-likeness (QED) is 0.799. The van der Waals surface area contributed by atoms with Gasteiger partial charge in [-0.15, -0.1) is 0 Å². The molecular weight excluding hydrogens is 245 g/mol. The number of anilines is 1. The van der Waals surface area contributed by atoms with E-state index < -0.39 is 29.0 Å². The molecule has 0 heterocycles. The predicted octanol–water partition coefficient (Wildman–Crippen LogP) is 2.17. The van der Waals surface area contributed by atoms with Gasteiger partial charge in [-0.25, -0.2) is 13.2 Å². The van der Waals surface area contributed by atoms with Crippen molar-refractivity contribution in [3.8, 4) is 0 Å². The van der Waals surface area contributed by atoms with E-state index in [1.165, 1.54) is 0 Å². The fraction of sp³-hybridized carbons (Fsp3) is 0.417. The number of amides is 1. The standard InChI is InChI=1S/C12H13F3N2O/c13-7-4-9(14)11(15)10(5-7)17-12(18)6-1-2-8(16)3-6/h4-6,8H,1-3,16H2,(H,17,18). The Hall–Kier alpha value is -1.56. The second-order valence-electron chi connectivity index (χ2n) is 4.51. The monoisotopic (exact) mass is 258 g/mol. The molecule has 1 aromatic carbocycles. The lowest BCUT2D eigenvalue weighted by atomic mass is 10.1. The second-order valence-corrected chi connectivity index (χ2v) is 4.51. The lowest BCUT2D eigenvalue weighted by molar-refractivity contribution is -0.119. The van der Waals surface area contributed by atoms with Crippen molar-refractivity contribution < 1.29 is 18.0 Å². The fourth-order valence-electron chi connectivity index (χ4n) is 2.14. The van der Waals surface area contributed by atoms with Crippen LogP contribution in [-0.4, -0.2) is 11.9 Å². The van der Waals surface area contributed by atoms with Gasteiger partial charge in [0.2, 0.25) is 5.91 Å². The van der Waals surface area contributed by atoms with E-state index in [9.17, 15) is 18.0 Å². The van der Waals surface area contributed by atoms with Gasteiger partial charge in [0.15, 0.2) is 11.6 Å². The van der Waals surface area contributed by atoms with Crippen molar-refractivity contribution in [2.75, 3.05) is 5.32 Å². The van der Waals surface area contributed by atoms with E-state index in [1.54, 1.807) is 0 Å². The molecule has 3 nitrogen and oxygen atoms in total. The van der Waals surface area contributed by atoms with Gasteiger partial charge < -0.3 is 11.1 Å². The van der Waals surface area contributed by atoms with E-state index in [4.69, 9.17) is 5.73 Å². The van der Waals surface area contributed by atoms with Gasteiger partial charge in [-0.2, -0.15) is 0 Å². The summed E-state index contributed by atoms with van der Waals surface area (Å²) in [5.74, 6) is -4.30. The van der Waals surface area contributed by atoms with Gasteiger partial charge in [-0.3, -0.25) is 4.79 Å². The summed E-state index contributed by atoms with van der Waals surface area (Å²) in [6.07, 6.45) is 1.83. The third kappa shape index (κ3) is 2.64. The number of hydrogen-bond acceptors (Lipinski definition) is 2. The number of nitrogens with one attached hydrogen (secondary N) is 1. The van der Waals surface area contributed by atoms with E-state index in [-0.39, 0.29) is 12.0 Å². The van der Waals surface area contributed by atoms with E-state index >= 15 is 0 Å². The van der Waals surface area contributed by atoms with E-state index in [2.05, 4.69) is 5.32 Å². The third-order valence-electron chi connectivity index (χ3n) is 3.09. The maximum Gasteiger partial charge on any atom is 0.227 e. The van der Waals surface area contributed by atoms with E-state index in [1.807, 2.05) is 0 Å². The van der Waals surface area contributed by atoms with Crippen molar-refractivity contribution in [1.82, 2.24) is 0 Å². The van der Waals surface area contributed by atoms with Crippen LogP contribution in [0.4, 0.5) is 18.9 Å². The normalized spacial score (nSPS) is 23.1. The third-order valence-corrected chi connectivity index (χ3v) is 3.09. The molecular formula is C12H13F3N2O. The van der Waals surface area contributed by atoms with Crippen molar-refractivity contribution in [2.45, 2.75) is 25.3 Å². The first-order valence-electron chi connectivity index (χ1n) is 5.68. The Balaban J connectivity index is 2.12. The Morgan fingerprint density at radius 1 is 1.28 bits per heavy atom. The van der Waals surface area contributed by atoms with Gasteiger partial charge in [0.05, 0.1) is 5.69 Å². The van der Waals surface area contributed by atoms with Crippen LogP contribution in [0.25, 0.3) is 0 Å². The highest BCUT2D eigenvalue weighted by atomic mass is 19.2. The minimum absolute atomic E-state index is 0.0464. The molecule has 98 valence electrons. The Labute approximate surface area is 102 Å². The molecule has 0 aromatic heterocycles. The highest BCUT2D eigenvalue weighted by Gasteiger charge is 2.28. The molecule has 18 heavy (non-hydrogen) atoms. The number of hydrogen-bond donors (Lipinski definition) is 2. The highest BCUT2D eigenvalue weighted by molar-refractivity contribution is 5.92. The van der Waals surface area contributed by atoms with Crippen LogP contribution in [0.5, 0.6) is 0 Å². The van der Waals surface area contributed by atoms with Crippen molar-refractivity contribution in [1.29, 1.82) is 0 Å². The number of carbonyl (C=O) groups is 1. The predicted molar refractivity (Wildman–Crippen MR) is 60.3 cm³/mol. The Morgan fingerprint density at radius 3 is 2.61 bits per heavy atom. The number of halogens is 3. The molecule has 0 radical (unpaired) electrons. The highest BCUT2D eigenvalue weighted by Crippen LogP contribution is 2.26. The molecule has 0 aliphatic heterocycles. The fourth-order valence-corrected chi connectivity index (χ4v) is 2.14. The smallest absolute Gasteiger partial charge is 0.227 e. The molecule has 1 saturated carbocycles. The molecule has 2 atom stereocenters. The summed E-state index contributed by atoms with van der Waals surface area (Å²) < 4.78 is 39.2. The van der Waals surface area contributed by atoms with Crippen molar-refractivity contribution in [3.05, 3.63) is 29.6 Å². The molecule has 0 saturated heterocycles. The zero-order valence-corrected chi connectivity index (χ0v) is 9.55. The first-order chi connectivity index (χ1) is 8.47. The summed E-state index contributed by atoms with van der Waals surface area (Å²) in [5.41, 5.74) is 5.19. The SMILES string of the molecule is NC1CCC(C(=O)Nc2cc(F)cc(F)c2F)C1. The lowest BCUT2D eigenvalue weighted by Crippen LogP contribution is -2.23. The van der Waals surface area contributed by atoms with Crippen molar-refractivity contribution >= 4 is 11.6 Å². The minimum Gasteiger partial charge on any atom is -0.328 e. The number of benzene rings is 1. The van der Waals surface area contributed by atoms with Crippen LogP contribution in [0.2, 0.25) is 0 Å². The molecule has 6 heteroatoms. The molecule has 2 rings (SSSR count). The Morgan fingerprint density at radius 2 is 2.00 bits per heavy atom. The number of carbonyl (C=O) groups excluding carboxylic acids is 1. The number of nitrogens with two attached hydrogens (primary N) is 1. The minimum atomic E-state index is -1.33. The molecule has 1 aromatic rings. The maximum absolute atomic E-state index is 13.3. The summed E-state index contributed by atoms with van der Waals surface area (Å²) in [6.45, 7) is 0. The summed E-state index contributed by atoms with van der Waals surface area (Å²) >= 11 is 0. The summed E-state index contributed by atoms with van der Waals surface area (Å²) in [6, 6.07) is 1.14. The molecule has 3 N–H and O–H groups in total. The van der Waals surface area contributed by atoms with Crippen molar-refractivity contribution in [3.63, 3.8) is 0 Å². The second kappa shape index (κ2) is 4.97. The first-order valence-corrected chi connectivity index (χ1v) is 5.68. The summed E-state index contributed by atoms with van der Waals surface area (Å²) in [5, 5.41) is 2.20. The van der Waals surface area contributed by atoms with Crippen molar-refractivity contribution in [2.24, 2.45) is 11.7 Å². The molecule has 0 spiro atoms. The lowest BCUT2D eigenvalue weighted by Gasteiger charge is -2.11. The average molecular weight is 258 g/mol. The molecule has 1 aliphatic carbocycles. The largest absolute Gasteiger partial charge is 0.328 e. The van der Waals surface area contributed by atoms with E-state index in [0.29, 0.717) is 18.9 Å². The topological polar surface area (TPSA) is 55.1 Å². The Kier molecular flexibility index (Phi) is 3.56. The van der Waals surface area contributed by atoms with Crippen LogP contribution in [-0.2, 0) is 4.79 Å². The zero-order chi connectivity index (χ0) is 13.3. The molecule has 1 aliphatic rings. The summed E-state index contributed by atoms with van der Waals surface area (Å²) in [7, 11) is 0. The first kappa shape index (κ1) is 12.9. The van der Waals surface area contributed by atoms with Crippen LogP contribution in [0.1, 0.15) is 19.3 Å². The van der Waals surface area contributed by atoms with Crippen LogP contribution in [0.3, 0.4) is 0 Å². The van der Waals surface area contributed by atoms with E-state index in [0.717, 1.165) is 12.5 Å². The maximum atomic E-state index is 13.3. The van der Waals surface area contributed by atoms with Gasteiger partial charge in [0.1, 0.15) is 5.82 Å². The van der Waals surface area contributed by atoms with Crippen LogP contribution < -0.4 is 11.1 Å². The molecule has 1 amide bonds. The van der Waals surface area contributed by atoms with Crippen LogP contribution in [0.15, 0.2) is 12.1 Å². The number of rotatable bonds is 2. The molecule has 1 fully saturated rings. The molecule has 2 unspecified atom stereocenters. The van der Waals surface area contributed by atoms with Gasteiger partial charge in [0, 0.05) is 24.1 Å². The van der Waals surface area contributed by atoms with Gasteiger partial charge in [0.25, 0.3) is 0 Å². The molecule has 0 bridgehead atoms. The Bertz CT molecular complexity index is 479. The average Bonchev–Trinajstić information content (AvgIpc) is 2.72. The van der Waals surface area contributed by atoms with Gasteiger partial charge >= 0.3 is 0 Å². The van der Waals surface area contributed by atoms with Crippen LogP contribution in [0, 0.1) is 23.4 Å². The van der Waals surface area contributed by atoms with Gasteiger partial charge in [-0.1, -0.05) is 0 Å². The van der Waals surface area contributed by atoms with Gasteiger partial charge in [-0.05, 0) is 19.3 Å².